The van der Waals surface area contributed by atoms with Crippen LogP contribution in [-0.4, -0.2) is 11.4 Å². The van der Waals surface area contributed by atoms with E-state index >= 15 is 0 Å². The van der Waals surface area contributed by atoms with Gasteiger partial charge >= 0.3 is 0 Å². The quantitative estimate of drug-likeness (QED) is 0.678. The number of rotatable bonds is 2. The molecule has 1 heterocycles. The normalized spacial score (nSPS) is 15.3. The van der Waals surface area contributed by atoms with Crippen LogP contribution in [0.5, 0.6) is 0 Å². The second-order valence-electron chi connectivity index (χ2n) is 3.61. The summed E-state index contributed by atoms with van der Waals surface area (Å²) in [5.74, 6) is 0. The molecular weight excluding hydrogens is 172 g/mol. The Hall–Kier alpha value is -1.44. The van der Waals surface area contributed by atoms with Crippen molar-refractivity contribution in [2.45, 2.75) is 26.7 Å². The average molecular weight is 186 g/mol. The van der Waals surface area contributed by atoms with E-state index in [0.717, 1.165) is 24.3 Å². The van der Waals surface area contributed by atoms with E-state index in [4.69, 9.17) is 0 Å². The van der Waals surface area contributed by atoms with Crippen LogP contribution in [-0.2, 0) is 6.42 Å². The summed E-state index contributed by atoms with van der Waals surface area (Å²) in [6.45, 7) is 4.17. The monoisotopic (exact) mass is 186 g/mol. The predicted molar refractivity (Wildman–Crippen MR) is 60.1 cm³/mol. The van der Waals surface area contributed by atoms with Gasteiger partial charge in [0, 0.05) is 12.1 Å². The van der Waals surface area contributed by atoms with Crippen molar-refractivity contribution in [3.05, 3.63) is 35.4 Å². The van der Waals surface area contributed by atoms with E-state index in [0.29, 0.717) is 0 Å². The molecule has 0 radical (unpaired) electrons. The third kappa shape index (κ3) is 1.74. The molecule has 1 aromatic rings. The average Bonchev–Trinajstić information content (AvgIpc) is 2.65. The van der Waals surface area contributed by atoms with Gasteiger partial charge in [-0.05, 0) is 24.5 Å². The zero-order valence-corrected chi connectivity index (χ0v) is 8.62. The molecule has 0 bridgehead atoms. The first-order chi connectivity index (χ1) is 6.79. The summed E-state index contributed by atoms with van der Waals surface area (Å²) in [7, 11) is 0. The number of benzene rings is 1. The van der Waals surface area contributed by atoms with E-state index < -0.39 is 0 Å². The first kappa shape index (κ1) is 9.13. The smallest absolute Gasteiger partial charge is 0.0759 e. The Balaban J connectivity index is 2.19. The van der Waals surface area contributed by atoms with Crippen LogP contribution in [0.3, 0.4) is 0 Å². The van der Waals surface area contributed by atoms with Gasteiger partial charge in [0.05, 0.1) is 5.71 Å². The fraction of sp³-hybridized carbons (Fsp3) is 0.333. The minimum absolute atomic E-state index is 0.894. The van der Waals surface area contributed by atoms with Gasteiger partial charge in [0.15, 0.2) is 0 Å². The lowest BCUT2D eigenvalue weighted by Crippen LogP contribution is -2.00. The van der Waals surface area contributed by atoms with Gasteiger partial charge in [0.2, 0.25) is 0 Å². The highest BCUT2D eigenvalue weighted by molar-refractivity contribution is 6.14. The fourth-order valence-corrected chi connectivity index (χ4v) is 1.55. The molecule has 2 heteroatoms. The second kappa shape index (κ2) is 3.74. The molecule has 0 atom stereocenters. The van der Waals surface area contributed by atoms with E-state index in [9.17, 15) is 0 Å². The van der Waals surface area contributed by atoms with Crippen molar-refractivity contribution in [1.82, 2.24) is 0 Å². The molecule has 0 aliphatic carbocycles. The molecule has 14 heavy (non-hydrogen) atoms. The molecule has 0 fully saturated rings. The van der Waals surface area contributed by atoms with Crippen LogP contribution in [0.15, 0.2) is 34.5 Å². The highest BCUT2D eigenvalue weighted by atomic mass is 15.2. The predicted octanol–water partition coefficient (Wildman–Crippen LogP) is 2.82. The summed E-state index contributed by atoms with van der Waals surface area (Å²) in [5, 5.41) is 8.19. The third-order valence-corrected chi connectivity index (χ3v) is 2.46. The SMILES string of the molecule is CCc1ccc(C2=NN=C(C)C2)cc1. The summed E-state index contributed by atoms with van der Waals surface area (Å²) < 4.78 is 0. The summed E-state index contributed by atoms with van der Waals surface area (Å²) in [6, 6.07) is 8.58. The first-order valence-electron chi connectivity index (χ1n) is 4.99. The molecule has 1 aromatic carbocycles. The molecule has 0 saturated carbocycles. The summed E-state index contributed by atoms with van der Waals surface area (Å²) in [5.41, 5.74) is 4.75. The number of hydrogen-bond donors (Lipinski definition) is 0. The Morgan fingerprint density at radius 3 is 2.36 bits per heavy atom. The Morgan fingerprint density at radius 1 is 1.14 bits per heavy atom. The second-order valence-corrected chi connectivity index (χ2v) is 3.61. The van der Waals surface area contributed by atoms with E-state index in [2.05, 4.69) is 41.4 Å². The van der Waals surface area contributed by atoms with Crippen LogP contribution in [0.1, 0.15) is 31.4 Å². The van der Waals surface area contributed by atoms with Crippen LogP contribution in [0.4, 0.5) is 0 Å². The lowest BCUT2D eigenvalue weighted by atomic mass is 10.0. The van der Waals surface area contributed by atoms with Crippen molar-refractivity contribution >= 4 is 11.4 Å². The molecule has 0 amide bonds. The zero-order chi connectivity index (χ0) is 9.97. The number of nitrogens with zero attached hydrogens (tertiary/aromatic N) is 2. The van der Waals surface area contributed by atoms with E-state index in [1.807, 2.05) is 6.92 Å². The van der Waals surface area contributed by atoms with Gasteiger partial charge in [-0.1, -0.05) is 31.2 Å². The lowest BCUT2D eigenvalue weighted by Gasteiger charge is -2.01. The molecule has 0 saturated heterocycles. The molecule has 0 spiro atoms. The molecule has 2 nitrogen and oxygen atoms in total. The van der Waals surface area contributed by atoms with Crippen molar-refractivity contribution in [3.63, 3.8) is 0 Å². The molecule has 0 unspecified atom stereocenters. The zero-order valence-electron chi connectivity index (χ0n) is 8.62. The standard InChI is InChI=1S/C12H14N2/c1-3-10-4-6-11(7-5-10)12-8-9(2)13-14-12/h4-7H,3,8H2,1-2H3. The Morgan fingerprint density at radius 2 is 1.86 bits per heavy atom. The van der Waals surface area contributed by atoms with Crippen molar-refractivity contribution in [2.24, 2.45) is 10.2 Å². The van der Waals surface area contributed by atoms with Gasteiger partial charge in [-0.15, -0.1) is 0 Å². The lowest BCUT2D eigenvalue weighted by molar-refractivity contribution is 1.14. The first-order valence-corrected chi connectivity index (χ1v) is 4.99. The van der Waals surface area contributed by atoms with Gasteiger partial charge in [-0.25, -0.2) is 0 Å². The van der Waals surface area contributed by atoms with Crippen molar-refractivity contribution < 1.29 is 0 Å². The van der Waals surface area contributed by atoms with E-state index in [1.54, 1.807) is 0 Å². The molecule has 0 N–H and O–H groups in total. The highest BCUT2D eigenvalue weighted by Crippen LogP contribution is 2.12. The van der Waals surface area contributed by atoms with Crippen molar-refractivity contribution in [3.8, 4) is 0 Å². The van der Waals surface area contributed by atoms with Crippen LogP contribution in [0.2, 0.25) is 0 Å². The van der Waals surface area contributed by atoms with Gasteiger partial charge in [-0.2, -0.15) is 10.2 Å². The topological polar surface area (TPSA) is 24.7 Å². The maximum absolute atomic E-state index is 4.15. The van der Waals surface area contributed by atoms with Crippen molar-refractivity contribution in [2.75, 3.05) is 0 Å². The maximum atomic E-state index is 4.15. The molecule has 1 aliphatic heterocycles. The van der Waals surface area contributed by atoms with Crippen LogP contribution in [0, 0.1) is 0 Å². The summed E-state index contributed by atoms with van der Waals surface area (Å²) in [6.07, 6.45) is 1.98. The molecule has 1 aliphatic rings. The molecule has 72 valence electrons. The summed E-state index contributed by atoms with van der Waals surface area (Å²) in [4.78, 5) is 0. The van der Waals surface area contributed by atoms with Gasteiger partial charge in [0.25, 0.3) is 0 Å². The van der Waals surface area contributed by atoms with Crippen LogP contribution >= 0.6 is 0 Å². The number of aryl methyl sites for hydroxylation is 1. The molecule has 0 aromatic heterocycles. The van der Waals surface area contributed by atoms with Gasteiger partial charge in [-0.3, -0.25) is 0 Å². The Labute approximate surface area is 84.4 Å². The van der Waals surface area contributed by atoms with E-state index in [-0.39, 0.29) is 0 Å². The van der Waals surface area contributed by atoms with Gasteiger partial charge < -0.3 is 0 Å². The molecule has 2 rings (SSSR count). The highest BCUT2D eigenvalue weighted by Gasteiger charge is 2.10. The minimum Gasteiger partial charge on any atom is -0.160 e. The Bertz CT molecular complexity index is 385. The fourth-order valence-electron chi connectivity index (χ4n) is 1.55. The van der Waals surface area contributed by atoms with Crippen LogP contribution < -0.4 is 0 Å². The Kier molecular flexibility index (Phi) is 2.44. The largest absolute Gasteiger partial charge is 0.160 e. The summed E-state index contributed by atoms with van der Waals surface area (Å²) >= 11 is 0. The minimum atomic E-state index is 0.894. The van der Waals surface area contributed by atoms with Crippen LogP contribution in [0.25, 0.3) is 0 Å². The van der Waals surface area contributed by atoms with Gasteiger partial charge in [0.1, 0.15) is 0 Å². The van der Waals surface area contributed by atoms with Crippen molar-refractivity contribution in [1.29, 1.82) is 0 Å². The van der Waals surface area contributed by atoms with E-state index in [1.165, 1.54) is 11.1 Å². The maximum Gasteiger partial charge on any atom is 0.0759 e. The molecular formula is C12H14N2. The number of hydrogen-bond acceptors (Lipinski definition) is 2. The third-order valence-electron chi connectivity index (χ3n) is 2.46.